The minimum absolute atomic E-state index is 0. The first-order valence-corrected chi connectivity index (χ1v) is 8.68. The molecule has 1 atom stereocenters. The largest absolute Gasteiger partial charge is 0.326 e. The Labute approximate surface area is 147 Å². The molecule has 1 aromatic heterocycles. The molecule has 2 N–H and O–H groups in total. The van der Waals surface area contributed by atoms with Crippen LogP contribution >= 0.6 is 23.7 Å². The molecule has 1 aromatic carbocycles. The van der Waals surface area contributed by atoms with Crippen LogP contribution in [-0.4, -0.2) is 24.0 Å². The summed E-state index contributed by atoms with van der Waals surface area (Å²) >= 11 is 1.71. The number of anilines is 1. The van der Waals surface area contributed by atoms with Crippen LogP contribution in [0.3, 0.4) is 0 Å². The van der Waals surface area contributed by atoms with Crippen molar-refractivity contribution >= 4 is 45.6 Å². The quantitative estimate of drug-likeness (QED) is 0.859. The van der Waals surface area contributed by atoms with Crippen LogP contribution < -0.4 is 10.6 Å². The van der Waals surface area contributed by atoms with Crippen molar-refractivity contribution in [1.82, 2.24) is 10.3 Å². The van der Waals surface area contributed by atoms with E-state index in [2.05, 4.69) is 36.4 Å². The molecule has 0 aliphatic carbocycles. The van der Waals surface area contributed by atoms with Crippen molar-refractivity contribution in [2.24, 2.45) is 5.92 Å². The van der Waals surface area contributed by atoms with Gasteiger partial charge in [0.15, 0.2) is 0 Å². The number of nitrogens with zero attached hydrogens (tertiary/aromatic N) is 1. The van der Waals surface area contributed by atoms with E-state index >= 15 is 0 Å². The molecule has 0 radical (unpaired) electrons. The lowest BCUT2D eigenvalue weighted by atomic mass is 9.98. The van der Waals surface area contributed by atoms with Crippen LogP contribution in [0.4, 0.5) is 5.69 Å². The van der Waals surface area contributed by atoms with E-state index in [-0.39, 0.29) is 29.6 Å². The highest BCUT2D eigenvalue weighted by Gasteiger charge is 2.22. The topological polar surface area (TPSA) is 54.0 Å². The molecular weight excluding hydrogens is 330 g/mol. The maximum absolute atomic E-state index is 12.3. The highest BCUT2D eigenvalue weighted by molar-refractivity contribution is 7.18. The molecule has 4 nitrogen and oxygen atoms in total. The van der Waals surface area contributed by atoms with E-state index in [0.717, 1.165) is 46.8 Å². The number of fused-ring (bicyclic) bond motifs is 1. The third-order valence-electron chi connectivity index (χ3n) is 3.97. The van der Waals surface area contributed by atoms with Gasteiger partial charge in [-0.05, 0) is 37.6 Å². The molecule has 0 bridgehead atoms. The van der Waals surface area contributed by atoms with E-state index in [0.29, 0.717) is 0 Å². The minimum atomic E-state index is 0. The number of carbonyl (C=O) groups is 1. The van der Waals surface area contributed by atoms with Gasteiger partial charge in [0, 0.05) is 17.6 Å². The van der Waals surface area contributed by atoms with Gasteiger partial charge in [0.2, 0.25) is 5.91 Å². The monoisotopic (exact) mass is 353 g/mol. The molecule has 1 aliphatic heterocycles. The molecule has 6 heteroatoms. The SMILES string of the molecule is CC(C)(C)c1nc2ccc(NC(=O)C3CCCNC3)cc2s1.Cl. The smallest absolute Gasteiger partial charge is 0.228 e. The van der Waals surface area contributed by atoms with E-state index < -0.39 is 0 Å². The summed E-state index contributed by atoms with van der Waals surface area (Å²) in [5.41, 5.74) is 1.93. The number of rotatable bonds is 2. The van der Waals surface area contributed by atoms with Gasteiger partial charge in [-0.25, -0.2) is 4.98 Å². The highest BCUT2D eigenvalue weighted by Crippen LogP contribution is 2.32. The third kappa shape index (κ3) is 4.22. The molecule has 1 aliphatic rings. The van der Waals surface area contributed by atoms with E-state index in [9.17, 15) is 4.79 Å². The van der Waals surface area contributed by atoms with Crippen LogP contribution in [0.25, 0.3) is 10.2 Å². The fourth-order valence-electron chi connectivity index (χ4n) is 2.64. The molecule has 3 rings (SSSR count). The number of hydrogen-bond donors (Lipinski definition) is 2. The molecule has 126 valence electrons. The Kier molecular flexibility index (Phi) is 5.65. The average molecular weight is 354 g/mol. The van der Waals surface area contributed by atoms with Crippen molar-refractivity contribution < 1.29 is 4.79 Å². The van der Waals surface area contributed by atoms with Crippen LogP contribution in [0.5, 0.6) is 0 Å². The summed E-state index contributed by atoms with van der Waals surface area (Å²) in [5, 5.41) is 7.46. The molecular formula is C17H24ClN3OS. The Morgan fingerprint density at radius 1 is 1.39 bits per heavy atom. The first-order chi connectivity index (χ1) is 10.4. The minimum Gasteiger partial charge on any atom is -0.326 e. The van der Waals surface area contributed by atoms with Gasteiger partial charge < -0.3 is 10.6 Å². The predicted octanol–water partition coefficient (Wildman–Crippen LogP) is 3.95. The number of hydrogen-bond acceptors (Lipinski definition) is 4. The maximum atomic E-state index is 12.3. The van der Waals surface area contributed by atoms with E-state index in [1.165, 1.54) is 0 Å². The van der Waals surface area contributed by atoms with E-state index in [4.69, 9.17) is 0 Å². The number of halogens is 1. The number of piperidine rings is 1. The van der Waals surface area contributed by atoms with Crippen molar-refractivity contribution in [3.05, 3.63) is 23.2 Å². The summed E-state index contributed by atoms with van der Waals surface area (Å²) in [5.74, 6) is 0.197. The first kappa shape index (κ1) is 18.2. The number of benzene rings is 1. The fraction of sp³-hybridized carbons (Fsp3) is 0.529. The van der Waals surface area contributed by atoms with Gasteiger partial charge >= 0.3 is 0 Å². The number of carbonyl (C=O) groups excluding carboxylic acids is 1. The van der Waals surface area contributed by atoms with Crippen molar-refractivity contribution in [1.29, 1.82) is 0 Å². The van der Waals surface area contributed by atoms with Gasteiger partial charge in [-0.3, -0.25) is 4.79 Å². The molecule has 2 heterocycles. The maximum Gasteiger partial charge on any atom is 0.228 e. The molecule has 0 spiro atoms. The van der Waals surface area contributed by atoms with E-state index in [1.807, 2.05) is 18.2 Å². The fourth-order valence-corrected chi connectivity index (χ4v) is 3.71. The third-order valence-corrected chi connectivity index (χ3v) is 5.41. The lowest BCUT2D eigenvalue weighted by molar-refractivity contribution is -0.120. The van der Waals surface area contributed by atoms with Crippen molar-refractivity contribution in [3.63, 3.8) is 0 Å². The molecule has 1 fully saturated rings. The zero-order valence-electron chi connectivity index (χ0n) is 13.8. The number of thiazole rings is 1. The van der Waals surface area contributed by atoms with Crippen molar-refractivity contribution in [2.75, 3.05) is 18.4 Å². The predicted molar refractivity (Wildman–Crippen MR) is 99.8 cm³/mol. The Hall–Kier alpha value is -1.17. The normalized spacial score (nSPS) is 18.5. The Morgan fingerprint density at radius 2 is 2.17 bits per heavy atom. The lowest BCUT2D eigenvalue weighted by Gasteiger charge is -2.21. The number of aromatic nitrogens is 1. The van der Waals surface area contributed by atoms with Gasteiger partial charge in [-0.2, -0.15) is 0 Å². The Balaban J connectivity index is 0.00000192. The van der Waals surface area contributed by atoms with Crippen LogP contribution in [0.15, 0.2) is 18.2 Å². The molecule has 23 heavy (non-hydrogen) atoms. The lowest BCUT2D eigenvalue weighted by Crippen LogP contribution is -2.37. The number of amides is 1. The summed E-state index contributed by atoms with van der Waals surface area (Å²) in [4.78, 5) is 17.0. The second-order valence-electron chi connectivity index (χ2n) is 6.98. The van der Waals surface area contributed by atoms with Gasteiger partial charge in [0.25, 0.3) is 0 Å². The van der Waals surface area contributed by atoms with Crippen LogP contribution in [0.2, 0.25) is 0 Å². The van der Waals surface area contributed by atoms with Crippen LogP contribution in [0.1, 0.15) is 38.6 Å². The van der Waals surface area contributed by atoms with Gasteiger partial charge in [0.05, 0.1) is 21.1 Å². The van der Waals surface area contributed by atoms with Gasteiger partial charge in [0.1, 0.15) is 0 Å². The summed E-state index contributed by atoms with van der Waals surface area (Å²) in [6.07, 6.45) is 2.04. The zero-order valence-corrected chi connectivity index (χ0v) is 15.4. The number of nitrogens with one attached hydrogen (secondary N) is 2. The highest BCUT2D eigenvalue weighted by atomic mass is 35.5. The molecule has 1 amide bonds. The molecule has 2 aromatic rings. The zero-order chi connectivity index (χ0) is 15.7. The van der Waals surface area contributed by atoms with E-state index in [1.54, 1.807) is 11.3 Å². The summed E-state index contributed by atoms with van der Waals surface area (Å²) in [6, 6.07) is 5.98. The van der Waals surface area contributed by atoms with Crippen LogP contribution in [-0.2, 0) is 10.2 Å². The van der Waals surface area contributed by atoms with Crippen LogP contribution in [0, 0.1) is 5.92 Å². The summed E-state index contributed by atoms with van der Waals surface area (Å²) < 4.78 is 1.13. The summed E-state index contributed by atoms with van der Waals surface area (Å²) in [6.45, 7) is 8.31. The summed E-state index contributed by atoms with van der Waals surface area (Å²) in [7, 11) is 0. The molecule has 0 saturated carbocycles. The second-order valence-corrected chi connectivity index (χ2v) is 8.01. The van der Waals surface area contributed by atoms with Gasteiger partial charge in [-0.1, -0.05) is 20.8 Å². The Morgan fingerprint density at radius 3 is 2.83 bits per heavy atom. The average Bonchev–Trinajstić information content (AvgIpc) is 2.91. The van der Waals surface area contributed by atoms with Crippen molar-refractivity contribution in [2.45, 2.75) is 39.0 Å². The molecule has 1 saturated heterocycles. The van der Waals surface area contributed by atoms with Crippen molar-refractivity contribution in [3.8, 4) is 0 Å². The van der Waals surface area contributed by atoms with Gasteiger partial charge in [-0.15, -0.1) is 23.7 Å². The molecule has 1 unspecified atom stereocenters. The Bertz CT molecular complexity index is 687. The second kappa shape index (κ2) is 7.16. The first-order valence-electron chi connectivity index (χ1n) is 7.86. The standard InChI is InChI=1S/C17H23N3OS.ClH/c1-17(2,3)16-20-13-7-6-12(9-14(13)22-16)19-15(21)11-5-4-8-18-10-11;/h6-7,9,11,18H,4-5,8,10H2,1-3H3,(H,19,21);1H.